The Hall–Kier alpha value is -1.14. The second-order valence-corrected chi connectivity index (χ2v) is 5.26. The van der Waals surface area contributed by atoms with Crippen LogP contribution in [0.4, 0.5) is 0 Å². The minimum atomic E-state index is -0.805. The standard InChI is InChI=1S/C13H22N2O4/c16-12(17)9-14-4-2-5-15(7-6-14)13(18)11-3-1-8-19-10-11/h11H,1-10H2,(H,16,17). The van der Waals surface area contributed by atoms with Crippen LogP contribution >= 0.6 is 0 Å². The van der Waals surface area contributed by atoms with Gasteiger partial charge in [-0.2, -0.15) is 0 Å². The van der Waals surface area contributed by atoms with Gasteiger partial charge in [-0.1, -0.05) is 0 Å². The number of carboxylic acids is 1. The molecule has 6 heteroatoms. The first kappa shape index (κ1) is 14.3. The second-order valence-electron chi connectivity index (χ2n) is 5.26. The summed E-state index contributed by atoms with van der Waals surface area (Å²) < 4.78 is 5.36. The van der Waals surface area contributed by atoms with E-state index < -0.39 is 5.97 Å². The lowest BCUT2D eigenvalue weighted by Gasteiger charge is -2.28. The summed E-state index contributed by atoms with van der Waals surface area (Å²) in [7, 11) is 0. The SMILES string of the molecule is O=C(O)CN1CCCN(C(=O)C2CCCOC2)CC1. The molecule has 0 radical (unpaired) electrons. The summed E-state index contributed by atoms with van der Waals surface area (Å²) >= 11 is 0. The van der Waals surface area contributed by atoms with Crippen LogP contribution in [0.1, 0.15) is 19.3 Å². The highest BCUT2D eigenvalue weighted by Gasteiger charge is 2.28. The number of hydrogen-bond donors (Lipinski definition) is 1. The fourth-order valence-electron chi connectivity index (χ4n) is 2.73. The number of ether oxygens (including phenoxy) is 1. The van der Waals surface area contributed by atoms with Crippen molar-refractivity contribution in [2.45, 2.75) is 19.3 Å². The van der Waals surface area contributed by atoms with Gasteiger partial charge >= 0.3 is 5.97 Å². The highest BCUT2D eigenvalue weighted by molar-refractivity contribution is 5.79. The Morgan fingerprint density at radius 3 is 2.68 bits per heavy atom. The van der Waals surface area contributed by atoms with Gasteiger partial charge in [0.1, 0.15) is 0 Å². The first-order chi connectivity index (χ1) is 9.16. The molecule has 19 heavy (non-hydrogen) atoms. The third kappa shape index (κ3) is 4.18. The molecule has 0 spiro atoms. The van der Waals surface area contributed by atoms with Crippen LogP contribution in [0.5, 0.6) is 0 Å². The average molecular weight is 270 g/mol. The van der Waals surface area contributed by atoms with E-state index in [2.05, 4.69) is 0 Å². The van der Waals surface area contributed by atoms with E-state index in [-0.39, 0.29) is 18.4 Å². The van der Waals surface area contributed by atoms with Gasteiger partial charge in [-0.05, 0) is 19.3 Å². The van der Waals surface area contributed by atoms with E-state index in [4.69, 9.17) is 9.84 Å². The maximum atomic E-state index is 12.3. The van der Waals surface area contributed by atoms with Crippen molar-refractivity contribution in [2.24, 2.45) is 5.92 Å². The zero-order chi connectivity index (χ0) is 13.7. The Kier molecular flexibility index (Phi) is 5.15. The van der Waals surface area contributed by atoms with Crippen molar-refractivity contribution in [3.8, 4) is 0 Å². The molecule has 108 valence electrons. The molecular weight excluding hydrogens is 248 g/mol. The molecule has 0 saturated carbocycles. The molecule has 6 nitrogen and oxygen atoms in total. The van der Waals surface area contributed by atoms with Crippen LogP contribution in [-0.4, -0.2) is 72.7 Å². The molecule has 2 rings (SSSR count). The fraction of sp³-hybridized carbons (Fsp3) is 0.846. The van der Waals surface area contributed by atoms with E-state index >= 15 is 0 Å². The quantitative estimate of drug-likeness (QED) is 0.783. The van der Waals surface area contributed by atoms with E-state index in [0.717, 1.165) is 39.0 Å². The summed E-state index contributed by atoms with van der Waals surface area (Å²) in [4.78, 5) is 26.8. The monoisotopic (exact) mass is 270 g/mol. The van der Waals surface area contributed by atoms with Gasteiger partial charge in [0.2, 0.25) is 5.91 Å². The predicted octanol–water partition coefficient (Wildman–Crippen LogP) is 0.0319. The van der Waals surface area contributed by atoms with E-state index in [0.29, 0.717) is 19.7 Å². The van der Waals surface area contributed by atoms with Gasteiger partial charge in [-0.3, -0.25) is 14.5 Å². The number of carboxylic acid groups (broad SMARTS) is 1. The highest BCUT2D eigenvalue weighted by atomic mass is 16.5. The van der Waals surface area contributed by atoms with Crippen LogP contribution in [0, 0.1) is 5.92 Å². The average Bonchev–Trinajstić information content (AvgIpc) is 2.64. The molecule has 0 aromatic rings. The zero-order valence-electron chi connectivity index (χ0n) is 11.2. The zero-order valence-corrected chi connectivity index (χ0v) is 11.2. The number of hydrogen-bond acceptors (Lipinski definition) is 4. The van der Waals surface area contributed by atoms with Gasteiger partial charge in [-0.25, -0.2) is 0 Å². The Bertz CT molecular complexity index is 329. The van der Waals surface area contributed by atoms with Crippen molar-refractivity contribution in [3.05, 3.63) is 0 Å². The van der Waals surface area contributed by atoms with Crippen molar-refractivity contribution in [2.75, 3.05) is 45.9 Å². The Morgan fingerprint density at radius 2 is 2.00 bits per heavy atom. The molecule has 2 fully saturated rings. The van der Waals surface area contributed by atoms with Crippen molar-refractivity contribution < 1.29 is 19.4 Å². The number of carbonyl (C=O) groups excluding carboxylic acids is 1. The van der Waals surface area contributed by atoms with Crippen LogP contribution in [0.3, 0.4) is 0 Å². The number of carbonyl (C=O) groups is 2. The molecule has 1 unspecified atom stereocenters. The van der Waals surface area contributed by atoms with Crippen LogP contribution in [0.2, 0.25) is 0 Å². The Morgan fingerprint density at radius 1 is 1.16 bits per heavy atom. The summed E-state index contributed by atoms with van der Waals surface area (Å²) in [5.41, 5.74) is 0. The van der Waals surface area contributed by atoms with Crippen molar-refractivity contribution in [3.63, 3.8) is 0 Å². The summed E-state index contributed by atoms with van der Waals surface area (Å²) in [6.07, 6.45) is 2.70. The summed E-state index contributed by atoms with van der Waals surface area (Å²) in [6, 6.07) is 0. The molecule has 2 aliphatic heterocycles. The minimum Gasteiger partial charge on any atom is -0.480 e. The third-order valence-electron chi connectivity index (χ3n) is 3.77. The molecule has 1 N–H and O–H groups in total. The predicted molar refractivity (Wildman–Crippen MR) is 68.8 cm³/mol. The normalized spacial score (nSPS) is 25.9. The topological polar surface area (TPSA) is 70.1 Å². The van der Waals surface area contributed by atoms with Crippen LogP contribution in [0.25, 0.3) is 0 Å². The number of aliphatic carboxylic acids is 1. The third-order valence-corrected chi connectivity index (χ3v) is 3.77. The molecule has 1 amide bonds. The largest absolute Gasteiger partial charge is 0.480 e. The number of rotatable bonds is 3. The number of nitrogens with zero attached hydrogens (tertiary/aromatic N) is 2. The molecule has 2 aliphatic rings. The van der Waals surface area contributed by atoms with Gasteiger partial charge in [0.05, 0.1) is 19.1 Å². The van der Waals surface area contributed by atoms with Crippen LogP contribution in [-0.2, 0) is 14.3 Å². The molecule has 2 saturated heterocycles. The van der Waals surface area contributed by atoms with Crippen LogP contribution < -0.4 is 0 Å². The molecule has 1 atom stereocenters. The lowest BCUT2D eigenvalue weighted by molar-refractivity contribution is -0.139. The highest BCUT2D eigenvalue weighted by Crippen LogP contribution is 2.17. The first-order valence-corrected chi connectivity index (χ1v) is 6.97. The van der Waals surface area contributed by atoms with Gasteiger partial charge in [0.15, 0.2) is 0 Å². The van der Waals surface area contributed by atoms with Gasteiger partial charge < -0.3 is 14.7 Å². The number of amides is 1. The Labute approximate surface area is 113 Å². The summed E-state index contributed by atoms with van der Waals surface area (Å²) in [5, 5.41) is 8.80. The van der Waals surface area contributed by atoms with Crippen molar-refractivity contribution in [1.29, 1.82) is 0 Å². The fourth-order valence-corrected chi connectivity index (χ4v) is 2.73. The Balaban J connectivity index is 1.84. The summed E-state index contributed by atoms with van der Waals surface area (Å²) in [5.74, 6) is -0.628. The molecular formula is C13H22N2O4. The second kappa shape index (κ2) is 6.86. The first-order valence-electron chi connectivity index (χ1n) is 6.97. The molecule has 0 bridgehead atoms. The van der Waals surface area contributed by atoms with E-state index in [1.165, 1.54) is 0 Å². The summed E-state index contributed by atoms with van der Waals surface area (Å²) in [6.45, 7) is 4.11. The van der Waals surface area contributed by atoms with Crippen LogP contribution in [0.15, 0.2) is 0 Å². The van der Waals surface area contributed by atoms with Crippen molar-refractivity contribution in [1.82, 2.24) is 9.80 Å². The van der Waals surface area contributed by atoms with Gasteiger partial charge in [-0.15, -0.1) is 0 Å². The van der Waals surface area contributed by atoms with E-state index in [9.17, 15) is 9.59 Å². The molecule has 0 aliphatic carbocycles. The molecule has 0 aromatic heterocycles. The smallest absolute Gasteiger partial charge is 0.317 e. The molecule has 2 heterocycles. The maximum Gasteiger partial charge on any atom is 0.317 e. The lowest BCUT2D eigenvalue weighted by atomic mass is 10.0. The van der Waals surface area contributed by atoms with Gasteiger partial charge in [0, 0.05) is 32.8 Å². The van der Waals surface area contributed by atoms with Crippen molar-refractivity contribution >= 4 is 11.9 Å². The molecule has 0 aromatic carbocycles. The lowest BCUT2D eigenvalue weighted by Crippen LogP contribution is -2.41. The van der Waals surface area contributed by atoms with E-state index in [1.54, 1.807) is 0 Å². The maximum absolute atomic E-state index is 12.3. The van der Waals surface area contributed by atoms with E-state index in [1.807, 2.05) is 9.80 Å². The minimum absolute atomic E-state index is 0.000209. The van der Waals surface area contributed by atoms with Gasteiger partial charge in [0.25, 0.3) is 0 Å².